The zero-order valence-corrected chi connectivity index (χ0v) is 30.7. The Bertz CT molecular complexity index is 445. The number of unbranched alkanes of at least 4 members (excludes halogenated alkanes) is 26. The van der Waals surface area contributed by atoms with Crippen molar-refractivity contribution in [1.29, 1.82) is 0 Å². The number of allylic oxidation sites excluding steroid dienone is 2. The average molecular weight is 591 g/mol. The molecule has 0 N–H and O–H groups in total. The van der Waals surface area contributed by atoms with E-state index in [9.17, 15) is 0 Å². The van der Waals surface area contributed by atoms with Gasteiger partial charge in [0.1, 0.15) is 0 Å². The molecule has 0 aromatic heterocycles. The first kappa shape index (κ1) is 41.0. The Morgan fingerprint density at radius 2 is 0.561 bits per heavy atom. The fourth-order valence-electron chi connectivity index (χ4n) is 7.11. The lowest BCUT2D eigenvalue weighted by Gasteiger charge is -2.33. The Balaban J connectivity index is 4.84. The molecule has 0 aliphatic rings. The van der Waals surface area contributed by atoms with Gasteiger partial charge >= 0.3 is 0 Å². The van der Waals surface area contributed by atoms with Crippen molar-refractivity contribution in [3.8, 4) is 0 Å². The van der Waals surface area contributed by atoms with Gasteiger partial charge in [-0.25, -0.2) is 0 Å². The molecule has 0 aliphatic heterocycles. The van der Waals surface area contributed by atoms with E-state index in [1.165, 1.54) is 167 Å². The van der Waals surface area contributed by atoms with Gasteiger partial charge in [0.05, 0.1) is 8.07 Å². The van der Waals surface area contributed by atoms with Crippen molar-refractivity contribution in [3.63, 3.8) is 0 Å². The molecule has 0 rings (SSSR count). The molecule has 0 bridgehead atoms. The predicted octanol–water partition coefficient (Wildman–Crippen LogP) is 15.8. The Labute approximate surface area is 264 Å². The maximum atomic E-state index is 2.36. The van der Waals surface area contributed by atoms with Crippen LogP contribution in [0.1, 0.15) is 220 Å². The van der Waals surface area contributed by atoms with E-state index in [2.05, 4.69) is 39.8 Å². The molecular formula is C40H82Si. The second-order valence-corrected chi connectivity index (χ2v) is 19.1. The first-order valence-electron chi connectivity index (χ1n) is 19.9. The van der Waals surface area contributed by atoms with Gasteiger partial charge in [-0.3, -0.25) is 0 Å². The van der Waals surface area contributed by atoms with E-state index < -0.39 is 8.07 Å². The van der Waals surface area contributed by atoms with E-state index in [1.807, 2.05) is 0 Å². The molecule has 41 heavy (non-hydrogen) atoms. The highest BCUT2D eigenvalue weighted by molar-refractivity contribution is 6.79. The van der Waals surface area contributed by atoms with Gasteiger partial charge in [-0.05, 0) is 19.8 Å². The summed E-state index contributed by atoms with van der Waals surface area (Å²) in [5, 5.41) is 0. The van der Waals surface area contributed by atoms with Gasteiger partial charge in [-0.15, -0.1) is 0 Å². The normalized spacial score (nSPS) is 12.2. The molecule has 0 aliphatic carbocycles. The minimum atomic E-state index is -1.13. The van der Waals surface area contributed by atoms with Crippen LogP contribution in [0.25, 0.3) is 0 Å². The van der Waals surface area contributed by atoms with Gasteiger partial charge in [0, 0.05) is 0 Å². The quantitative estimate of drug-likeness (QED) is 0.0391. The number of hydrogen-bond donors (Lipinski definition) is 0. The maximum Gasteiger partial charge on any atom is 0.0535 e. The summed E-state index contributed by atoms with van der Waals surface area (Å²) in [6.07, 6.45) is 48.9. The number of hydrogen-bond acceptors (Lipinski definition) is 0. The summed E-state index contributed by atoms with van der Waals surface area (Å²) in [7, 11) is -1.13. The first-order chi connectivity index (χ1) is 20.2. The minimum absolute atomic E-state index is 1.13. The molecule has 0 radical (unpaired) electrons. The molecule has 0 atom stereocenters. The molecule has 0 heterocycles. The van der Waals surface area contributed by atoms with Crippen molar-refractivity contribution >= 4 is 8.07 Å². The lowest BCUT2D eigenvalue weighted by Crippen LogP contribution is -2.34. The van der Waals surface area contributed by atoms with Crippen molar-refractivity contribution in [1.82, 2.24) is 0 Å². The van der Waals surface area contributed by atoms with E-state index in [0.717, 1.165) is 0 Å². The highest BCUT2D eigenvalue weighted by atomic mass is 28.3. The van der Waals surface area contributed by atoms with Crippen LogP contribution in [0.5, 0.6) is 0 Å². The van der Waals surface area contributed by atoms with Crippen LogP contribution in [0, 0.1) is 0 Å². The van der Waals surface area contributed by atoms with Gasteiger partial charge < -0.3 is 0 Å². The molecule has 0 fully saturated rings. The molecule has 0 aromatic rings. The lowest BCUT2D eigenvalue weighted by molar-refractivity contribution is 0.572. The molecular weight excluding hydrogens is 509 g/mol. The van der Waals surface area contributed by atoms with Gasteiger partial charge in [-0.2, -0.15) is 0 Å². The molecule has 0 saturated carbocycles. The molecule has 246 valence electrons. The van der Waals surface area contributed by atoms with Crippen molar-refractivity contribution in [2.24, 2.45) is 0 Å². The fourth-order valence-corrected chi connectivity index (χ4v) is 12.6. The molecule has 0 spiro atoms. The Kier molecular flexibility index (Phi) is 34.4. The minimum Gasteiger partial charge on any atom is -0.0917 e. The summed E-state index contributed by atoms with van der Waals surface area (Å²) >= 11 is 0. The second-order valence-electron chi connectivity index (χ2n) is 14.1. The van der Waals surface area contributed by atoms with Crippen molar-refractivity contribution in [2.75, 3.05) is 0 Å². The fraction of sp³-hybridized carbons (Fsp3) is 0.950. The topological polar surface area (TPSA) is 0 Å². The molecule has 0 saturated heterocycles. The highest BCUT2D eigenvalue weighted by Crippen LogP contribution is 2.35. The first-order valence-corrected chi connectivity index (χ1v) is 22.7. The summed E-state index contributed by atoms with van der Waals surface area (Å²) in [5.41, 5.74) is 0. The smallest absolute Gasteiger partial charge is 0.0535 e. The molecule has 0 nitrogen and oxygen atoms in total. The van der Waals surface area contributed by atoms with Crippen molar-refractivity contribution in [2.45, 2.75) is 244 Å². The zero-order chi connectivity index (χ0) is 30.0. The maximum absolute atomic E-state index is 2.36. The highest BCUT2D eigenvalue weighted by Gasteiger charge is 2.30. The zero-order valence-electron chi connectivity index (χ0n) is 29.7. The Morgan fingerprint density at radius 1 is 0.317 bits per heavy atom. The summed E-state index contributed by atoms with van der Waals surface area (Å²) < 4.78 is 0. The van der Waals surface area contributed by atoms with Gasteiger partial charge in [0.25, 0.3) is 0 Å². The standard InChI is InChI=1S/C40H82Si/c1-5-9-13-17-21-25-29-33-37-41(38-34-30-26-22-18-14-10-6-2,39-35-31-27-23-19-15-11-7-3)40-36-32-28-24-20-16-12-8-4/h5,9H,6-8,10-40H2,1-4H3. The monoisotopic (exact) mass is 591 g/mol. The summed E-state index contributed by atoms with van der Waals surface area (Å²) in [5.74, 6) is 0. The molecule has 1 heteroatoms. The van der Waals surface area contributed by atoms with Gasteiger partial charge in [0.15, 0.2) is 0 Å². The van der Waals surface area contributed by atoms with Crippen LogP contribution >= 0.6 is 0 Å². The van der Waals surface area contributed by atoms with Crippen LogP contribution in [0.4, 0.5) is 0 Å². The molecule has 0 amide bonds. The SMILES string of the molecule is CC=CCCCCCCC[Si](CCCCCCCCCC)(CCCCCCCCCC)CCCCCCCCCC. The lowest BCUT2D eigenvalue weighted by atomic mass is 10.1. The van der Waals surface area contributed by atoms with E-state index >= 15 is 0 Å². The van der Waals surface area contributed by atoms with Gasteiger partial charge in [0.2, 0.25) is 0 Å². The van der Waals surface area contributed by atoms with Crippen LogP contribution < -0.4 is 0 Å². The van der Waals surface area contributed by atoms with Crippen LogP contribution in [-0.4, -0.2) is 8.07 Å². The average Bonchev–Trinajstić information content (AvgIpc) is 2.98. The Morgan fingerprint density at radius 3 is 0.829 bits per heavy atom. The van der Waals surface area contributed by atoms with Gasteiger partial charge in [-0.1, -0.05) is 237 Å². The van der Waals surface area contributed by atoms with Crippen LogP contribution in [0.15, 0.2) is 12.2 Å². The second kappa shape index (κ2) is 34.4. The molecule has 0 aromatic carbocycles. The third kappa shape index (κ3) is 29.8. The van der Waals surface area contributed by atoms with Crippen LogP contribution in [0.2, 0.25) is 24.2 Å². The van der Waals surface area contributed by atoms with E-state index in [4.69, 9.17) is 0 Å². The molecule has 0 unspecified atom stereocenters. The summed E-state index contributed by atoms with van der Waals surface area (Å²) in [6.45, 7) is 9.18. The van der Waals surface area contributed by atoms with E-state index in [0.29, 0.717) is 0 Å². The largest absolute Gasteiger partial charge is 0.0917 e. The van der Waals surface area contributed by atoms with Crippen molar-refractivity contribution in [3.05, 3.63) is 12.2 Å². The van der Waals surface area contributed by atoms with E-state index in [-0.39, 0.29) is 0 Å². The number of rotatable bonds is 35. The Hall–Kier alpha value is -0.0431. The van der Waals surface area contributed by atoms with E-state index in [1.54, 1.807) is 49.9 Å². The third-order valence-corrected chi connectivity index (χ3v) is 15.7. The van der Waals surface area contributed by atoms with Crippen LogP contribution in [-0.2, 0) is 0 Å². The predicted molar refractivity (Wildman–Crippen MR) is 195 cm³/mol. The summed E-state index contributed by atoms with van der Waals surface area (Å²) in [4.78, 5) is 0. The van der Waals surface area contributed by atoms with Crippen LogP contribution in [0.3, 0.4) is 0 Å². The third-order valence-electron chi connectivity index (χ3n) is 10.00. The van der Waals surface area contributed by atoms with Crippen molar-refractivity contribution < 1.29 is 0 Å². The summed E-state index contributed by atoms with van der Waals surface area (Å²) in [6, 6.07) is 6.70.